The van der Waals surface area contributed by atoms with Crippen molar-refractivity contribution in [3.63, 3.8) is 0 Å². The van der Waals surface area contributed by atoms with Crippen LogP contribution in [0.3, 0.4) is 0 Å². The lowest BCUT2D eigenvalue weighted by molar-refractivity contribution is 0.271. The molecule has 0 saturated carbocycles. The number of halogens is 2. The summed E-state index contributed by atoms with van der Waals surface area (Å²) in [7, 11) is 2.02. The van der Waals surface area contributed by atoms with E-state index in [0.29, 0.717) is 0 Å². The molecule has 0 amide bonds. The maximum Gasteiger partial charge on any atom is 0.141 e. The minimum Gasteiger partial charge on any atom is -0.396 e. The summed E-state index contributed by atoms with van der Waals surface area (Å²) in [5.41, 5.74) is 1.01. The van der Waals surface area contributed by atoms with Crippen LogP contribution in [0, 0.1) is 5.82 Å². The van der Waals surface area contributed by atoms with E-state index in [9.17, 15) is 4.39 Å². The topological polar surface area (TPSA) is 23.5 Å². The molecule has 0 unspecified atom stereocenters. The van der Waals surface area contributed by atoms with Crippen LogP contribution in [-0.4, -0.2) is 30.2 Å². The molecule has 0 bridgehead atoms. The molecule has 1 rings (SSSR count). The van der Waals surface area contributed by atoms with Gasteiger partial charge < -0.3 is 10.0 Å². The van der Waals surface area contributed by atoms with Crippen LogP contribution >= 0.6 is 11.6 Å². The Labute approximate surface area is 107 Å². The van der Waals surface area contributed by atoms with Crippen molar-refractivity contribution >= 4 is 11.6 Å². The van der Waals surface area contributed by atoms with Crippen molar-refractivity contribution in [1.82, 2.24) is 4.90 Å². The molecule has 1 aromatic rings. The van der Waals surface area contributed by atoms with Crippen molar-refractivity contribution in [3.8, 4) is 0 Å². The first-order valence-corrected chi connectivity index (χ1v) is 6.24. The SMILES string of the molecule is CN(CCCCCO)Cc1ccc(F)c(Cl)c1. The summed E-state index contributed by atoms with van der Waals surface area (Å²) in [5, 5.41) is 8.84. The molecule has 0 aliphatic heterocycles. The first-order valence-electron chi connectivity index (χ1n) is 5.87. The summed E-state index contributed by atoms with van der Waals surface area (Å²) < 4.78 is 13.0. The van der Waals surface area contributed by atoms with E-state index in [1.54, 1.807) is 12.1 Å². The molecule has 0 saturated heterocycles. The lowest BCUT2D eigenvalue weighted by atomic mass is 10.2. The van der Waals surface area contributed by atoms with Crippen molar-refractivity contribution in [2.45, 2.75) is 25.8 Å². The van der Waals surface area contributed by atoms with Gasteiger partial charge in [-0.15, -0.1) is 0 Å². The van der Waals surface area contributed by atoms with Gasteiger partial charge in [0.2, 0.25) is 0 Å². The number of aliphatic hydroxyl groups is 1. The van der Waals surface area contributed by atoms with Gasteiger partial charge in [-0.3, -0.25) is 0 Å². The highest BCUT2D eigenvalue weighted by molar-refractivity contribution is 6.30. The zero-order valence-electron chi connectivity index (χ0n) is 10.1. The second-order valence-electron chi connectivity index (χ2n) is 4.27. The third kappa shape index (κ3) is 5.48. The molecule has 0 aliphatic carbocycles. The van der Waals surface area contributed by atoms with E-state index in [2.05, 4.69) is 4.90 Å². The van der Waals surface area contributed by atoms with Crippen LogP contribution in [0.2, 0.25) is 5.02 Å². The van der Waals surface area contributed by atoms with Gasteiger partial charge in [-0.2, -0.15) is 0 Å². The summed E-state index contributed by atoms with van der Waals surface area (Å²) in [6.07, 6.45) is 2.95. The first kappa shape index (κ1) is 14.4. The Morgan fingerprint density at radius 3 is 2.71 bits per heavy atom. The standard InChI is InChI=1S/C13H19ClFNO/c1-16(7-3-2-4-8-17)10-11-5-6-13(15)12(14)9-11/h5-6,9,17H,2-4,7-8,10H2,1H3. The average Bonchev–Trinajstić information content (AvgIpc) is 2.30. The van der Waals surface area contributed by atoms with Gasteiger partial charge in [-0.05, 0) is 50.6 Å². The summed E-state index contributed by atoms with van der Waals surface area (Å²) in [4.78, 5) is 2.17. The summed E-state index contributed by atoms with van der Waals surface area (Å²) in [6.45, 7) is 1.99. The van der Waals surface area contributed by atoms with Crippen LogP contribution < -0.4 is 0 Å². The zero-order chi connectivity index (χ0) is 12.7. The van der Waals surface area contributed by atoms with Gasteiger partial charge in [0.1, 0.15) is 5.82 Å². The van der Waals surface area contributed by atoms with Gasteiger partial charge in [0.05, 0.1) is 5.02 Å². The number of rotatable bonds is 7. The molecule has 0 aliphatic rings. The fourth-order valence-corrected chi connectivity index (χ4v) is 1.90. The van der Waals surface area contributed by atoms with E-state index < -0.39 is 0 Å². The number of aliphatic hydroxyl groups excluding tert-OH is 1. The van der Waals surface area contributed by atoms with Gasteiger partial charge in [0.25, 0.3) is 0 Å². The molecule has 1 aromatic carbocycles. The predicted octanol–water partition coefficient (Wildman–Crippen LogP) is 3.07. The Kier molecular flexibility index (Phi) is 6.48. The molecule has 1 N–H and O–H groups in total. The Bertz CT molecular complexity index is 346. The Hall–Kier alpha value is -0.640. The van der Waals surface area contributed by atoms with Crippen molar-refractivity contribution in [3.05, 3.63) is 34.6 Å². The largest absolute Gasteiger partial charge is 0.396 e. The highest BCUT2D eigenvalue weighted by Gasteiger charge is 2.04. The van der Waals surface area contributed by atoms with E-state index in [1.165, 1.54) is 6.07 Å². The van der Waals surface area contributed by atoms with Gasteiger partial charge in [0.15, 0.2) is 0 Å². The molecule has 0 spiro atoms. The lowest BCUT2D eigenvalue weighted by Crippen LogP contribution is -2.19. The fraction of sp³-hybridized carbons (Fsp3) is 0.538. The quantitative estimate of drug-likeness (QED) is 0.761. The van der Waals surface area contributed by atoms with Crippen LogP contribution in [0.1, 0.15) is 24.8 Å². The van der Waals surface area contributed by atoms with Crippen LogP contribution in [0.4, 0.5) is 4.39 Å². The molecule has 96 valence electrons. The smallest absolute Gasteiger partial charge is 0.141 e. The van der Waals surface area contributed by atoms with E-state index >= 15 is 0 Å². The van der Waals surface area contributed by atoms with E-state index in [-0.39, 0.29) is 17.4 Å². The van der Waals surface area contributed by atoms with Crippen LogP contribution in [0.15, 0.2) is 18.2 Å². The third-order valence-electron chi connectivity index (χ3n) is 2.63. The van der Waals surface area contributed by atoms with Crippen LogP contribution in [-0.2, 0) is 6.54 Å². The van der Waals surface area contributed by atoms with E-state index in [0.717, 1.165) is 37.9 Å². The van der Waals surface area contributed by atoms with Crippen molar-refractivity contribution in [2.24, 2.45) is 0 Å². The molecule has 0 fully saturated rings. The highest BCUT2D eigenvalue weighted by atomic mass is 35.5. The lowest BCUT2D eigenvalue weighted by Gasteiger charge is -2.16. The minimum absolute atomic E-state index is 0.177. The maximum absolute atomic E-state index is 13.0. The molecule has 2 nitrogen and oxygen atoms in total. The molecule has 0 atom stereocenters. The molecule has 4 heteroatoms. The molecule has 17 heavy (non-hydrogen) atoms. The fourth-order valence-electron chi connectivity index (χ4n) is 1.70. The predicted molar refractivity (Wildman–Crippen MR) is 68.7 cm³/mol. The van der Waals surface area contributed by atoms with Gasteiger partial charge in [0, 0.05) is 13.2 Å². The average molecular weight is 260 g/mol. The van der Waals surface area contributed by atoms with Gasteiger partial charge in [-0.1, -0.05) is 17.7 Å². The van der Waals surface area contributed by atoms with E-state index in [4.69, 9.17) is 16.7 Å². The molecular weight excluding hydrogens is 241 g/mol. The van der Waals surface area contributed by atoms with Crippen molar-refractivity contribution in [1.29, 1.82) is 0 Å². The summed E-state index contributed by atoms with van der Waals surface area (Å²) >= 11 is 5.72. The highest BCUT2D eigenvalue weighted by Crippen LogP contribution is 2.17. The summed E-state index contributed by atoms with van der Waals surface area (Å²) in [5.74, 6) is -0.374. The number of hydrogen-bond acceptors (Lipinski definition) is 2. The molecular formula is C13H19ClFNO. The maximum atomic E-state index is 13.0. The number of nitrogens with zero attached hydrogens (tertiary/aromatic N) is 1. The second-order valence-corrected chi connectivity index (χ2v) is 4.68. The monoisotopic (exact) mass is 259 g/mol. The third-order valence-corrected chi connectivity index (χ3v) is 2.92. The Balaban J connectivity index is 2.34. The van der Waals surface area contributed by atoms with Gasteiger partial charge in [-0.25, -0.2) is 4.39 Å². The summed E-state index contributed by atoms with van der Waals surface area (Å²) in [6, 6.07) is 4.82. The molecule has 0 aromatic heterocycles. The number of unbranched alkanes of at least 4 members (excludes halogenated alkanes) is 2. The second kappa shape index (κ2) is 7.64. The van der Waals surface area contributed by atoms with Crippen molar-refractivity contribution < 1.29 is 9.50 Å². The van der Waals surface area contributed by atoms with Crippen LogP contribution in [0.25, 0.3) is 0 Å². The van der Waals surface area contributed by atoms with Gasteiger partial charge >= 0.3 is 0 Å². The first-order chi connectivity index (χ1) is 8.13. The van der Waals surface area contributed by atoms with Crippen LogP contribution in [0.5, 0.6) is 0 Å². The Morgan fingerprint density at radius 2 is 2.06 bits per heavy atom. The normalized spacial score (nSPS) is 11.1. The van der Waals surface area contributed by atoms with E-state index in [1.807, 2.05) is 7.05 Å². The Morgan fingerprint density at radius 1 is 1.29 bits per heavy atom. The molecule has 0 radical (unpaired) electrons. The number of hydrogen-bond donors (Lipinski definition) is 1. The zero-order valence-corrected chi connectivity index (χ0v) is 10.9. The number of benzene rings is 1. The molecule has 0 heterocycles. The minimum atomic E-state index is -0.374. The van der Waals surface area contributed by atoms with Crippen molar-refractivity contribution in [2.75, 3.05) is 20.2 Å².